The molecule has 0 fully saturated rings. The Balaban J connectivity index is 1.98. The maximum Gasteiger partial charge on any atom is 0.417 e. The van der Waals surface area contributed by atoms with Gasteiger partial charge in [0, 0.05) is 17.4 Å². The van der Waals surface area contributed by atoms with Crippen LogP contribution in [0, 0.1) is 0 Å². The second kappa shape index (κ2) is 7.77. The highest BCUT2D eigenvalue weighted by Gasteiger charge is 2.35. The number of aromatic carboxylic acids is 1. The van der Waals surface area contributed by atoms with E-state index in [2.05, 4.69) is 4.98 Å². The Labute approximate surface area is 179 Å². The lowest BCUT2D eigenvalue weighted by atomic mass is 10.1. The van der Waals surface area contributed by atoms with Gasteiger partial charge in [-0.1, -0.05) is 24.3 Å². The first-order chi connectivity index (χ1) is 15.2. The minimum atomic E-state index is -4.84. The summed E-state index contributed by atoms with van der Waals surface area (Å²) in [4.78, 5) is 16.0. The van der Waals surface area contributed by atoms with E-state index >= 15 is 0 Å². The third-order valence-electron chi connectivity index (χ3n) is 4.85. The maximum atomic E-state index is 13.3. The lowest BCUT2D eigenvalue weighted by molar-refractivity contribution is -0.138. The van der Waals surface area contributed by atoms with E-state index < -0.39 is 23.3 Å². The largest absolute Gasteiger partial charge is 0.507 e. The number of carbonyl (C=O) groups is 1. The molecular formula is C23H15F3N2O4. The Kier molecular flexibility index (Phi) is 5.09. The van der Waals surface area contributed by atoms with Crippen LogP contribution in [-0.2, 0) is 6.18 Å². The minimum Gasteiger partial charge on any atom is -0.507 e. The van der Waals surface area contributed by atoms with Crippen LogP contribution in [0.1, 0.15) is 15.9 Å². The summed E-state index contributed by atoms with van der Waals surface area (Å²) in [5.74, 6) is -1.78. The standard InChI is InChI=1S/C23H15F3N2O4/c24-23(25,26)17-10-9-13(11-16(17)22(31)32)28-12-18(14-5-1-3-7-19(14)29)27-21(28)15-6-2-4-8-20(15)30/h1-12,29-30H,(H,31,32). The van der Waals surface area contributed by atoms with Crippen LogP contribution in [0.3, 0.4) is 0 Å². The normalized spacial score (nSPS) is 11.5. The number of carboxylic acid groups (broad SMARTS) is 1. The molecule has 3 aromatic carbocycles. The van der Waals surface area contributed by atoms with Crippen LogP contribution in [0.5, 0.6) is 11.5 Å². The van der Waals surface area contributed by atoms with Gasteiger partial charge in [0.15, 0.2) is 0 Å². The molecule has 9 heteroatoms. The molecule has 0 aliphatic heterocycles. The summed E-state index contributed by atoms with van der Waals surface area (Å²) >= 11 is 0. The summed E-state index contributed by atoms with van der Waals surface area (Å²) in [7, 11) is 0. The molecular weight excluding hydrogens is 425 g/mol. The molecule has 0 unspecified atom stereocenters. The highest BCUT2D eigenvalue weighted by molar-refractivity contribution is 5.90. The number of alkyl halides is 3. The fraction of sp³-hybridized carbons (Fsp3) is 0.0435. The Morgan fingerprint density at radius 1 is 0.875 bits per heavy atom. The number of rotatable bonds is 4. The average Bonchev–Trinajstić information content (AvgIpc) is 3.18. The number of phenols is 2. The molecule has 6 nitrogen and oxygen atoms in total. The molecule has 0 saturated carbocycles. The smallest absolute Gasteiger partial charge is 0.417 e. The number of aromatic hydroxyl groups is 2. The quantitative estimate of drug-likeness (QED) is 0.398. The molecule has 0 atom stereocenters. The summed E-state index contributed by atoms with van der Waals surface area (Å²) in [6, 6.07) is 15.3. The van der Waals surface area contributed by atoms with Crippen molar-refractivity contribution in [3.8, 4) is 39.8 Å². The minimum absolute atomic E-state index is 0.0698. The van der Waals surface area contributed by atoms with Crippen LogP contribution in [0.15, 0.2) is 72.9 Å². The molecule has 1 aromatic heterocycles. The van der Waals surface area contributed by atoms with Crippen molar-refractivity contribution < 1.29 is 33.3 Å². The number of phenolic OH excluding ortho intramolecular Hbond substituents is 2. The van der Waals surface area contributed by atoms with Gasteiger partial charge in [0.1, 0.15) is 17.3 Å². The van der Waals surface area contributed by atoms with Gasteiger partial charge in [-0.05, 0) is 42.5 Å². The lowest BCUT2D eigenvalue weighted by Crippen LogP contribution is -2.13. The van der Waals surface area contributed by atoms with E-state index in [1.54, 1.807) is 36.4 Å². The second-order valence-corrected chi connectivity index (χ2v) is 6.89. The van der Waals surface area contributed by atoms with Gasteiger partial charge < -0.3 is 15.3 Å². The number of imidazole rings is 1. The Morgan fingerprint density at radius 3 is 2.03 bits per heavy atom. The predicted molar refractivity (Wildman–Crippen MR) is 110 cm³/mol. The predicted octanol–water partition coefficient (Wildman–Crippen LogP) is 5.33. The summed E-state index contributed by atoms with van der Waals surface area (Å²) in [5, 5.41) is 29.9. The zero-order valence-corrected chi connectivity index (χ0v) is 16.2. The Bertz CT molecular complexity index is 1330. The average molecular weight is 440 g/mol. The van der Waals surface area contributed by atoms with E-state index in [1.807, 2.05) is 0 Å². The molecule has 4 aromatic rings. The highest BCUT2D eigenvalue weighted by Crippen LogP contribution is 2.37. The van der Waals surface area contributed by atoms with Gasteiger partial charge in [0.05, 0.1) is 22.4 Å². The van der Waals surface area contributed by atoms with Crippen LogP contribution in [0.25, 0.3) is 28.3 Å². The van der Waals surface area contributed by atoms with Gasteiger partial charge in [-0.3, -0.25) is 4.57 Å². The van der Waals surface area contributed by atoms with Gasteiger partial charge in [-0.25, -0.2) is 9.78 Å². The van der Waals surface area contributed by atoms with Crippen LogP contribution < -0.4 is 0 Å². The molecule has 0 saturated heterocycles. The zero-order valence-electron chi connectivity index (χ0n) is 16.2. The molecule has 3 N–H and O–H groups in total. The molecule has 0 amide bonds. The fourth-order valence-electron chi connectivity index (χ4n) is 3.36. The van der Waals surface area contributed by atoms with Gasteiger partial charge in [0.2, 0.25) is 0 Å². The number of carboxylic acids is 1. The van der Waals surface area contributed by atoms with Crippen LogP contribution in [0.2, 0.25) is 0 Å². The summed E-state index contributed by atoms with van der Waals surface area (Å²) in [6.45, 7) is 0. The van der Waals surface area contributed by atoms with E-state index in [4.69, 9.17) is 0 Å². The number of nitrogens with zero attached hydrogens (tertiary/aromatic N) is 2. The topological polar surface area (TPSA) is 95.6 Å². The molecule has 0 bridgehead atoms. The first-order valence-corrected chi connectivity index (χ1v) is 9.28. The summed E-state index contributed by atoms with van der Waals surface area (Å²) < 4.78 is 41.2. The third-order valence-corrected chi connectivity index (χ3v) is 4.85. The molecule has 0 aliphatic carbocycles. The van der Waals surface area contributed by atoms with Crippen LogP contribution in [-0.4, -0.2) is 30.8 Å². The van der Waals surface area contributed by atoms with E-state index in [9.17, 15) is 33.3 Å². The molecule has 1 heterocycles. The molecule has 0 spiro atoms. The van der Waals surface area contributed by atoms with Gasteiger partial charge in [0.25, 0.3) is 0 Å². The number of hydrogen-bond acceptors (Lipinski definition) is 4. The van der Waals surface area contributed by atoms with E-state index in [1.165, 1.54) is 22.9 Å². The first kappa shape index (κ1) is 21.0. The van der Waals surface area contributed by atoms with Crippen molar-refractivity contribution in [2.24, 2.45) is 0 Å². The summed E-state index contributed by atoms with van der Waals surface area (Å²) in [5.41, 5.74) is -1.21. The van der Waals surface area contributed by atoms with Gasteiger partial charge in [-0.2, -0.15) is 13.2 Å². The van der Waals surface area contributed by atoms with Crippen LogP contribution in [0.4, 0.5) is 13.2 Å². The monoisotopic (exact) mass is 440 g/mol. The number of halogens is 3. The number of aromatic nitrogens is 2. The second-order valence-electron chi connectivity index (χ2n) is 6.89. The van der Waals surface area contributed by atoms with Crippen molar-refractivity contribution in [2.45, 2.75) is 6.18 Å². The molecule has 0 aliphatic rings. The van der Waals surface area contributed by atoms with Crippen molar-refractivity contribution >= 4 is 5.97 Å². The molecule has 32 heavy (non-hydrogen) atoms. The summed E-state index contributed by atoms with van der Waals surface area (Å²) in [6.07, 6.45) is -3.40. The molecule has 0 radical (unpaired) electrons. The highest BCUT2D eigenvalue weighted by atomic mass is 19.4. The number of benzene rings is 3. The van der Waals surface area contributed by atoms with Crippen molar-refractivity contribution in [2.75, 3.05) is 0 Å². The number of hydrogen-bond donors (Lipinski definition) is 3. The fourth-order valence-corrected chi connectivity index (χ4v) is 3.36. The van der Waals surface area contributed by atoms with E-state index in [0.29, 0.717) is 11.6 Å². The van der Waals surface area contributed by atoms with Gasteiger partial charge >= 0.3 is 12.1 Å². The molecule has 162 valence electrons. The van der Waals surface area contributed by atoms with E-state index in [-0.39, 0.29) is 34.3 Å². The molecule has 4 rings (SSSR count). The third kappa shape index (κ3) is 3.76. The first-order valence-electron chi connectivity index (χ1n) is 9.28. The van der Waals surface area contributed by atoms with Crippen molar-refractivity contribution in [3.05, 3.63) is 84.1 Å². The van der Waals surface area contributed by atoms with Crippen LogP contribution >= 0.6 is 0 Å². The van der Waals surface area contributed by atoms with Crippen molar-refractivity contribution in [1.82, 2.24) is 9.55 Å². The Hall–Kier alpha value is -4.27. The lowest BCUT2D eigenvalue weighted by Gasteiger charge is -2.14. The Morgan fingerprint density at radius 2 is 1.47 bits per heavy atom. The van der Waals surface area contributed by atoms with Crippen molar-refractivity contribution in [1.29, 1.82) is 0 Å². The van der Waals surface area contributed by atoms with Gasteiger partial charge in [-0.15, -0.1) is 0 Å². The SMILES string of the molecule is O=C(O)c1cc(-n2cc(-c3ccccc3O)nc2-c2ccccc2O)ccc1C(F)(F)F. The zero-order chi connectivity index (χ0) is 23.0. The van der Waals surface area contributed by atoms with E-state index in [0.717, 1.165) is 12.1 Å². The van der Waals surface area contributed by atoms with Crippen molar-refractivity contribution in [3.63, 3.8) is 0 Å². The number of para-hydroxylation sites is 2. The maximum absolute atomic E-state index is 13.3.